The molecule has 1 aromatic carbocycles. The second-order valence-electron chi connectivity index (χ2n) is 12.3. The van der Waals surface area contributed by atoms with Gasteiger partial charge in [-0.05, 0) is 68.3 Å². The van der Waals surface area contributed by atoms with Gasteiger partial charge in [-0.3, -0.25) is 14.8 Å². The molecule has 3 aliphatic heterocycles. The number of carboxylic acids is 1. The van der Waals surface area contributed by atoms with Crippen molar-refractivity contribution in [3.8, 4) is 11.3 Å². The van der Waals surface area contributed by atoms with Crippen LogP contribution in [0.15, 0.2) is 67.1 Å². The molecule has 2 N–H and O–H groups in total. The number of hydrogen-bond donors (Lipinski definition) is 2. The highest BCUT2D eigenvalue weighted by atomic mass is 19.1. The third-order valence-corrected chi connectivity index (χ3v) is 9.20. The summed E-state index contributed by atoms with van der Waals surface area (Å²) in [7, 11) is 0. The average molecular weight is 623 g/mol. The van der Waals surface area contributed by atoms with E-state index in [4.69, 9.17) is 20.1 Å². The van der Waals surface area contributed by atoms with Gasteiger partial charge in [0.25, 0.3) is 0 Å². The SMILES string of the molecule is O=C(O)CCCN1CCC(Nc2nc(N3CCCc4cnccc43)cc(N3CCCc4cnc(-c5ccccc5)cc43)n2)C(F)C1. The summed E-state index contributed by atoms with van der Waals surface area (Å²) in [6.45, 7) is 3.12. The Hall–Kier alpha value is -4.64. The molecule has 1 saturated heterocycles. The van der Waals surface area contributed by atoms with Crippen molar-refractivity contribution in [1.29, 1.82) is 0 Å². The highest BCUT2D eigenvalue weighted by Crippen LogP contribution is 2.38. The Labute approximate surface area is 268 Å². The number of benzene rings is 1. The molecule has 1 fully saturated rings. The van der Waals surface area contributed by atoms with Crippen LogP contribution in [0.1, 0.15) is 43.2 Å². The number of carbonyl (C=O) groups is 1. The van der Waals surface area contributed by atoms with Crippen LogP contribution in [-0.4, -0.2) is 80.8 Å². The lowest BCUT2D eigenvalue weighted by Gasteiger charge is -2.36. The number of aromatic nitrogens is 4. The number of hydrogen-bond acceptors (Lipinski definition) is 9. The summed E-state index contributed by atoms with van der Waals surface area (Å²) in [6.07, 6.45) is 9.63. The largest absolute Gasteiger partial charge is 0.481 e. The predicted octanol–water partition coefficient (Wildman–Crippen LogP) is 5.79. The number of carboxylic acid groups (broad SMARTS) is 1. The minimum atomic E-state index is -1.13. The van der Waals surface area contributed by atoms with E-state index in [1.54, 1.807) is 0 Å². The Kier molecular flexibility index (Phi) is 8.74. The summed E-state index contributed by atoms with van der Waals surface area (Å²) >= 11 is 0. The van der Waals surface area contributed by atoms with E-state index in [1.807, 2.05) is 47.8 Å². The number of nitrogens with zero attached hydrogens (tertiary/aromatic N) is 7. The molecule has 10 nitrogen and oxygen atoms in total. The average Bonchev–Trinajstić information content (AvgIpc) is 3.09. The van der Waals surface area contributed by atoms with Crippen molar-refractivity contribution in [2.24, 2.45) is 0 Å². The number of nitrogens with one attached hydrogen (secondary N) is 1. The molecule has 46 heavy (non-hydrogen) atoms. The normalized spacial score (nSPS) is 19.8. The number of aryl methyl sites for hydroxylation is 2. The molecule has 0 radical (unpaired) electrons. The molecule has 2 unspecified atom stereocenters. The van der Waals surface area contributed by atoms with Crippen LogP contribution >= 0.6 is 0 Å². The minimum Gasteiger partial charge on any atom is -0.481 e. The Balaban J connectivity index is 1.21. The van der Waals surface area contributed by atoms with Gasteiger partial charge in [0.2, 0.25) is 5.95 Å². The number of likely N-dealkylation sites (tertiary alicyclic amines) is 1. The minimum absolute atomic E-state index is 0.0940. The van der Waals surface area contributed by atoms with Crippen molar-refractivity contribution in [3.05, 3.63) is 78.2 Å². The predicted molar refractivity (Wildman–Crippen MR) is 177 cm³/mol. The monoisotopic (exact) mass is 622 g/mol. The third kappa shape index (κ3) is 6.50. The first-order valence-corrected chi connectivity index (χ1v) is 16.3. The maximum atomic E-state index is 15.6. The van der Waals surface area contributed by atoms with Gasteiger partial charge in [0.05, 0.1) is 11.7 Å². The first kappa shape index (κ1) is 30.0. The van der Waals surface area contributed by atoms with Crippen molar-refractivity contribution < 1.29 is 14.3 Å². The molecule has 0 aliphatic carbocycles. The summed E-state index contributed by atoms with van der Waals surface area (Å²) in [5.41, 5.74) is 6.50. The third-order valence-electron chi connectivity index (χ3n) is 9.20. The topological polar surface area (TPSA) is 111 Å². The van der Waals surface area contributed by atoms with E-state index in [1.165, 1.54) is 11.1 Å². The van der Waals surface area contributed by atoms with Crippen LogP contribution in [0.5, 0.6) is 0 Å². The second-order valence-corrected chi connectivity index (χ2v) is 12.3. The molecule has 0 amide bonds. The molecule has 0 saturated carbocycles. The molecule has 3 aliphatic rings. The molecule has 0 spiro atoms. The Bertz CT molecular complexity index is 1690. The van der Waals surface area contributed by atoms with Crippen LogP contribution in [0.25, 0.3) is 11.3 Å². The Morgan fingerprint density at radius 2 is 1.67 bits per heavy atom. The van der Waals surface area contributed by atoms with Gasteiger partial charge in [-0.2, -0.15) is 9.97 Å². The molecule has 238 valence electrons. The molecule has 0 bridgehead atoms. The standard InChI is InChI=1S/C35H39FN8O2/c36-27-23-42(15-6-11-34(45)46)18-13-28(27)39-35-40-32(43-16-4-9-25-21-37-14-12-30(25)43)20-33(41-35)44-17-5-10-26-22-38-29(19-31(26)44)24-7-2-1-3-8-24/h1-3,7-8,12,14,19-22,27-28H,4-6,9-11,13,15-18,23H2,(H,45,46)(H,39,40,41). The zero-order valence-electron chi connectivity index (χ0n) is 25.9. The van der Waals surface area contributed by atoms with Gasteiger partial charge in [-0.1, -0.05) is 30.3 Å². The van der Waals surface area contributed by atoms with Gasteiger partial charge in [0.1, 0.15) is 17.8 Å². The maximum absolute atomic E-state index is 15.6. The maximum Gasteiger partial charge on any atom is 0.303 e. The lowest BCUT2D eigenvalue weighted by Crippen LogP contribution is -2.48. The summed E-state index contributed by atoms with van der Waals surface area (Å²) < 4.78 is 15.6. The van der Waals surface area contributed by atoms with Crippen LogP contribution in [0, 0.1) is 0 Å². The number of pyridine rings is 2. The number of halogens is 1. The van der Waals surface area contributed by atoms with E-state index in [9.17, 15) is 4.79 Å². The van der Waals surface area contributed by atoms with E-state index in [2.05, 4.69) is 44.4 Å². The van der Waals surface area contributed by atoms with Gasteiger partial charge in [0, 0.05) is 74.2 Å². The number of aliphatic carboxylic acids is 1. The van der Waals surface area contributed by atoms with E-state index >= 15 is 4.39 Å². The van der Waals surface area contributed by atoms with Crippen LogP contribution in [0.2, 0.25) is 0 Å². The fourth-order valence-corrected chi connectivity index (χ4v) is 6.85. The summed E-state index contributed by atoms with van der Waals surface area (Å²) in [4.78, 5) is 36.6. The number of piperidine rings is 1. The molecule has 3 aromatic heterocycles. The van der Waals surface area contributed by atoms with E-state index in [0.29, 0.717) is 31.9 Å². The van der Waals surface area contributed by atoms with Crippen molar-refractivity contribution in [2.75, 3.05) is 47.8 Å². The van der Waals surface area contributed by atoms with Crippen LogP contribution < -0.4 is 15.1 Å². The Morgan fingerprint density at radius 3 is 2.41 bits per heavy atom. The fourth-order valence-electron chi connectivity index (χ4n) is 6.85. The molecular weight excluding hydrogens is 583 g/mol. The van der Waals surface area contributed by atoms with E-state index < -0.39 is 18.2 Å². The number of rotatable bonds is 9. The Morgan fingerprint density at radius 1 is 0.935 bits per heavy atom. The van der Waals surface area contributed by atoms with Gasteiger partial charge >= 0.3 is 5.97 Å². The quantitative estimate of drug-likeness (QED) is 0.238. The van der Waals surface area contributed by atoms with Gasteiger partial charge in [-0.15, -0.1) is 0 Å². The molecule has 7 rings (SSSR count). The summed E-state index contributed by atoms with van der Waals surface area (Å²) in [6, 6.07) is 16.0. The fraction of sp³-hybridized carbons (Fsp3) is 0.400. The summed E-state index contributed by atoms with van der Waals surface area (Å²) in [5, 5.41) is 12.4. The van der Waals surface area contributed by atoms with Crippen molar-refractivity contribution in [2.45, 2.75) is 57.2 Å². The first-order valence-electron chi connectivity index (χ1n) is 16.3. The molecular formula is C35H39FN8O2. The highest BCUT2D eigenvalue weighted by Gasteiger charge is 2.31. The first-order chi connectivity index (χ1) is 22.5. The molecule has 2 atom stereocenters. The smallest absolute Gasteiger partial charge is 0.303 e. The van der Waals surface area contributed by atoms with Gasteiger partial charge in [-0.25, -0.2) is 4.39 Å². The van der Waals surface area contributed by atoms with Gasteiger partial charge in [0.15, 0.2) is 0 Å². The zero-order valence-corrected chi connectivity index (χ0v) is 25.9. The lowest BCUT2D eigenvalue weighted by molar-refractivity contribution is -0.137. The van der Waals surface area contributed by atoms with Crippen molar-refractivity contribution in [3.63, 3.8) is 0 Å². The lowest BCUT2D eigenvalue weighted by atomic mass is 10.0. The molecule has 11 heteroatoms. The molecule has 6 heterocycles. The van der Waals surface area contributed by atoms with Crippen molar-refractivity contribution >= 4 is 34.9 Å². The zero-order chi connectivity index (χ0) is 31.5. The van der Waals surface area contributed by atoms with E-state index in [0.717, 1.165) is 73.0 Å². The number of anilines is 5. The van der Waals surface area contributed by atoms with E-state index in [-0.39, 0.29) is 13.0 Å². The molecule has 4 aromatic rings. The van der Waals surface area contributed by atoms with Gasteiger partial charge < -0.3 is 25.1 Å². The highest BCUT2D eigenvalue weighted by molar-refractivity contribution is 5.75. The van der Waals surface area contributed by atoms with Crippen molar-refractivity contribution in [1.82, 2.24) is 24.8 Å². The number of fused-ring (bicyclic) bond motifs is 2. The van der Waals surface area contributed by atoms with Crippen LogP contribution in [0.4, 0.5) is 33.3 Å². The number of alkyl halides is 1. The second kappa shape index (κ2) is 13.4. The van der Waals surface area contributed by atoms with Crippen LogP contribution in [-0.2, 0) is 17.6 Å². The summed E-state index contributed by atoms with van der Waals surface area (Å²) in [5.74, 6) is 1.12. The van der Waals surface area contributed by atoms with Crippen LogP contribution in [0.3, 0.4) is 0 Å².